The molecule has 1 aromatic rings. The van der Waals surface area contributed by atoms with Crippen LogP contribution in [0.3, 0.4) is 0 Å². The largest absolute Gasteiger partial charge is 0.365 e. The molecule has 2 aliphatic rings. The number of benzene rings is 1. The molecule has 0 bridgehead atoms. The Morgan fingerprint density at radius 1 is 1.21 bits per heavy atom. The standard InChI is InChI=1S/C16H22N2O/c1-12(2)11-16(19)18-10-9-17(13-7-8-13)14-5-3-4-6-15(14)18/h3-6,12-13H,7-11H2,1-2H3. The van der Waals surface area contributed by atoms with E-state index in [0.717, 1.165) is 18.8 Å². The van der Waals surface area contributed by atoms with Gasteiger partial charge in [-0.2, -0.15) is 0 Å². The Hall–Kier alpha value is -1.51. The summed E-state index contributed by atoms with van der Waals surface area (Å²) in [6.07, 6.45) is 3.24. The third kappa shape index (κ3) is 2.46. The Balaban J connectivity index is 1.88. The molecule has 1 fully saturated rings. The van der Waals surface area contributed by atoms with Gasteiger partial charge in [-0.15, -0.1) is 0 Å². The summed E-state index contributed by atoms with van der Waals surface area (Å²) in [7, 11) is 0. The van der Waals surface area contributed by atoms with Crippen LogP contribution < -0.4 is 9.80 Å². The van der Waals surface area contributed by atoms with Crippen LogP contribution in [0.15, 0.2) is 24.3 Å². The number of amides is 1. The zero-order chi connectivity index (χ0) is 13.4. The third-order valence-electron chi connectivity index (χ3n) is 3.92. The molecule has 0 aromatic heterocycles. The van der Waals surface area contributed by atoms with Crippen molar-refractivity contribution < 1.29 is 4.79 Å². The van der Waals surface area contributed by atoms with Gasteiger partial charge in [0.15, 0.2) is 0 Å². The van der Waals surface area contributed by atoms with Gasteiger partial charge in [0.1, 0.15) is 0 Å². The quantitative estimate of drug-likeness (QED) is 0.832. The number of rotatable bonds is 3. The van der Waals surface area contributed by atoms with E-state index < -0.39 is 0 Å². The van der Waals surface area contributed by atoms with Crippen molar-refractivity contribution in [1.29, 1.82) is 0 Å². The summed E-state index contributed by atoms with van der Waals surface area (Å²) < 4.78 is 0. The predicted octanol–water partition coefficient (Wildman–Crippen LogP) is 3.05. The summed E-state index contributed by atoms with van der Waals surface area (Å²) >= 11 is 0. The summed E-state index contributed by atoms with van der Waals surface area (Å²) in [5.41, 5.74) is 2.35. The molecule has 102 valence electrons. The van der Waals surface area contributed by atoms with Crippen LogP contribution in [0.1, 0.15) is 33.1 Å². The fourth-order valence-corrected chi connectivity index (χ4v) is 2.87. The highest BCUT2D eigenvalue weighted by molar-refractivity contribution is 5.98. The van der Waals surface area contributed by atoms with Crippen molar-refractivity contribution in [3.8, 4) is 0 Å². The first-order valence-electron chi connectivity index (χ1n) is 7.33. The van der Waals surface area contributed by atoms with Crippen molar-refractivity contribution in [3.63, 3.8) is 0 Å². The highest BCUT2D eigenvalue weighted by Crippen LogP contribution is 2.40. The predicted molar refractivity (Wildman–Crippen MR) is 78.6 cm³/mol. The van der Waals surface area contributed by atoms with Crippen molar-refractivity contribution in [1.82, 2.24) is 0 Å². The van der Waals surface area contributed by atoms with Crippen LogP contribution in [0.5, 0.6) is 0 Å². The van der Waals surface area contributed by atoms with Crippen LogP contribution in [0.2, 0.25) is 0 Å². The van der Waals surface area contributed by atoms with Crippen molar-refractivity contribution in [2.24, 2.45) is 5.92 Å². The summed E-state index contributed by atoms with van der Waals surface area (Å²) in [4.78, 5) is 16.8. The van der Waals surface area contributed by atoms with Crippen molar-refractivity contribution in [2.75, 3.05) is 22.9 Å². The molecule has 0 spiro atoms. The summed E-state index contributed by atoms with van der Waals surface area (Å²) in [5, 5.41) is 0. The number of hydrogen-bond donors (Lipinski definition) is 0. The first-order chi connectivity index (χ1) is 9.16. The lowest BCUT2D eigenvalue weighted by atomic mass is 10.1. The lowest BCUT2D eigenvalue weighted by molar-refractivity contribution is -0.119. The fourth-order valence-electron chi connectivity index (χ4n) is 2.87. The highest BCUT2D eigenvalue weighted by atomic mass is 16.2. The minimum atomic E-state index is 0.262. The summed E-state index contributed by atoms with van der Waals surface area (Å²) in [6.45, 7) is 6.01. The average molecular weight is 258 g/mol. The molecule has 3 rings (SSSR count). The number of para-hydroxylation sites is 2. The van der Waals surface area contributed by atoms with Crippen LogP contribution in [0.25, 0.3) is 0 Å². The van der Waals surface area contributed by atoms with E-state index in [1.807, 2.05) is 11.0 Å². The van der Waals surface area contributed by atoms with Gasteiger partial charge in [-0.25, -0.2) is 0 Å². The summed E-state index contributed by atoms with van der Waals surface area (Å²) in [6, 6.07) is 9.06. The molecule has 0 atom stereocenters. The van der Waals surface area contributed by atoms with Gasteiger partial charge in [0.25, 0.3) is 0 Å². The summed E-state index contributed by atoms with van der Waals surface area (Å²) in [5.74, 6) is 0.680. The maximum atomic E-state index is 12.4. The second-order valence-corrected chi connectivity index (χ2v) is 6.06. The second kappa shape index (κ2) is 4.87. The number of hydrogen-bond acceptors (Lipinski definition) is 2. The number of nitrogens with zero attached hydrogens (tertiary/aromatic N) is 2. The molecule has 1 aliphatic heterocycles. The van der Waals surface area contributed by atoms with Gasteiger partial charge in [0.05, 0.1) is 11.4 Å². The molecule has 1 heterocycles. The van der Waals surface area contributed by atoms with E-state index >= 15 is 0 Å². The zero-order valence-electron chi connectivity index (χ0n) is 11.8. The van der Waals surface area contributed by atoms with Gasteiger partial charge in [-0.1, -0.05) is 26.0 Å². The number of fused-ring (bicyclic) bond motifs is 1. The fraction of sp³-hybridized carbons (Fsp3) is 0.562. The Morgan fingerprint density at radius 3 is 2.53 bits per heavy atom. The minimum Gasteiger partial charge on any atom is -0.365 e. The molecule has 0 N–H and O–H groups in total. The number of anilines is 2. The monoisotopic (exact) mass is 258 g/mol. The molecule has 0 saturated heterocycles. The smallest absolute Gasteiger partial charge is 0.227 e. The van der Waals surface area contributed by atoms with Crippen LogP contribution >= 0.6 is 0 Å². The van der Waals surface area contributed by atoms with E-state index in [0.29, 0.717) is 18.4 Å². The van der Waals surface area contributed by atoms with Crippen LogP contribution in [-0.2, 0) is 4.79 Å². The topological polar surface area (TPSA) is 23.6 Å². The minimum absolute atomic E-state index is 0.262. The lowest BCUT2D eigenvalue weighted by Crippen LogP contribution is -2.45. The molecular weight excluding hydrogens is 236 g/mol. The average Bonchev–Trinajstić information content (AvgIpc) is 3.20. The third-order valence-corrected chi connectivity index (χ3v) is 3.92. The van der Waals surface area contributed by atoms with Crippen molar-refractivity contribution in [2.45, 2.75) is 39.2 Å². The molecule has 1 amide bonds. The molecule has 1 aromatic carbocycles. The normalized spacial score (nSPS) is 18.7. The molecule has 0 radical (unpaired) electrons. The number of carbonyl (C=O) groups is 1. The SMILES string of the molecule is CC(C)CC(=O)N1CCN(C2CC2)c2ccccc21. The van der Waals surface area contributed by atoms with E-state index in [1.165, 1.54) is 18.5 Å². The van der Waals surface area contributed by atoms with Gasteiger partial charge >= 0.3 is 0 Å². The second-order valence-electron chi connectivity index (χ2n) is 6.06. The van der Waals surface area contributed by atoms with Crippen LogP contribution in [0.4, 0.5) is 11.4 Å². The molecule has 1 aliphatic carbocycles. The maximum absolute atomic E-state index is 12.4. The van der Waals surface area contributed by atoms with E-state index in [2.05, 4.69) is 36.9 Å². The molecule has 3 heteroatoms. The Bertz CT molecular complexity index is 479. The molecule has 19 heavy (non-hydrogen) atoms. The van der Waals surface area contributed by atoms with Gasteiger partial charge in [0.2, 0.25) is 5.91 Å². The first kappa shape index (κ1) is 12.5. The lowest BCUT2D eigenvalue weighted by Gasteiger charge is -2.38. The van der Waals surface area contributed by atoms with Crippen molar-refractivity contribution in [3.05, 3.63) is 24.3 Å². The van der Waals surface area contributed by atoms with E-state index in [1.54, 1.807) is 0 Å². The molecule has 3 nitrogen and oxygen atoms in total. The van der Waals surface area contributed by atoms with Crippen LogP contribution in [0, 0.1) is 5.92 Å². The van der Waals surface area contributed by atoms with Crippen LogP contribution in [-0.4, -0.2) is 25.0 Å². The Morgan fingerprint density at radius 2 is 1.89 bits per heavy atom. The Kier molecular flexibility index (Phi) is 3.21. The highest BCUT2D eigenvalue weighted by Gasteiger charge is 2.35. The Labute approximate surface area is 115 Å². The molecule has 0 unspecified atom stereocenters. The molecule has 1 saturated carbocycles. The van der Waals surface area contributed by atoms with Gasteiger partial charge in [0, 0.05) is 25.6 Å². The van der Waals surface area contributed by atoms with Crippen molar-refractivity contribution >= 4 is 17.3 Å². The number of carbonyl (C=O) groups excluding carboxylic acids is 1. The van der Waals surface area contributed by atoms with E-state index in [-0.39, 0.29) is 5.91 Å². The van der Waals surface area contributed by atoms with E-state index in [4.69, 9.17) is 0 Å². The molecular formula is C16H22N2O. The van der Waals surface area contributed by atoms with Gasteiger partial charge in [-0.3, -0.25) is 4.79 Å². The maximum Gasteiger partial charge on any atom is 0.227 e. The zero-order valence-corrected chi connectivity index (χ0v) is 11.8. The first-order valence-corrected chi connectivity index (χ1v) is 7.33. The van der Waals surface area contributed by atoms with Gasteiger partial charge < -0.3 is 9.80 Å². The van der Waals surface area contributed by atoms with E-state index in [9.17, 15) is 4.79 Å². The van der Waals surface area contributed by atoms with Gasteiger partial charge in [-0.05, 0) is 30.9 Å².